The third-order valence-electron chi connectivity index (χ3n) is 3.36. The predicted octanol–water partition coefficient (Wildman–Crippen LogP) is -0.376. The molecule has 3 atom stereocenters. The number of thioether (sulfide) groups is 1. The number of hydrogen-bond donors (Lipinski definition) is 1. The van der Waals surface area contributed by atoms with Gasteiger partial charge in [-0.05, 0) is 0 Å². The van der Waals surface area contributed by atoms with Crippen LogP contribution < -0.4 is 26.5 Å². The van der Waals surface area contributed by atoms with E-state index in [9.17, 15) is 9.59 Å². The van der Waals surface area contributed by atoms with Gasteiger partial charge in [-0.3, -0.25) is 0 Å². The molecule has 1 aliphatic heterocycles. The second kappa shape index (κ2) is 10.0. The standard InChI is InChI=1S/C15H27INO2S/c1-4-9-16-15-13(17-12(3)19)10-20-14(15)8-6-5-7-11(2)18/h13-15H,4-10H2,1-3H3,(H,17,19)/q-1. The quantitative estimate of drug-likeness (QED) is 0.319. The summed E-state index contributed by atoms with van der Waals surface area (Å²) in [6.07, 6.45) is 5.37. The van der Waals surface area contributed by atoms with Crippen LogP contribution >= 0.6 is 11.8 Å². The summed E-state index contributed by atoms with van der Waals surface area (Å²) in [5.74, 6) is 1.49. The maximum atomic E-state index is 11.3. The second-order valence-electron chi connectivity index (χ2n) is 5.41. The molecule has 0 radical (unpaired) electrons. The Bertz CT molecular complexity index is 325. The van der Waals surface area contributed by atoms with Crippen molar-refractivity contribution in [3.63, 3.8) is 0 Å². The zero-order valence-corrected chi connectivity index (χ0v) is 15.8. The molecule has 1 saturated heterocycles. The van der Waals surface area contributed by atoms with Crippen molar-refractivity contribution in [3.05, 3.63) is 0 Å². The summed E-state index contributed by atoms with van der Waals surface area (Å²) in [5, 5.41) is 3.86. The van der Waals surface area contributed by atoms with E-state index in [-0.39, 0.29) is 27.1 Å². The summed E-state index contributed by atoms with van der Waals surface area (Å²) < 4.78 is 2.07. The Morgan fingerprint density at radius 3 is 2.65 bits per heavy atom. The molecule has 0 bridgehead atoms. The molecule has 1 rings (SSSR count). The van der Waals surface area contributed by atoms with E-state index in [2.05, 4.69) is 12.2 Å². The zero-order valence-electron chi connectivity index (χ0n) is 12.8. The molecular weight excluding hydrogens is 385 g/mol. The van der Waals surface area contributed by atoms with Crippen LogP contribution in [0.25, 0.3) is 0 Å². The summed E-state index contributed by atoms with van der Waals surface area (Å²) in [5.41, 5.74) is 0. The Balaban J connectivity index is 2.42. The Hall–Kier alpha value is 0.220. The Labute approximate surface area is 137 Å². The topological polar surface area (TPSA) is 46.2 Å². The number of carbonyl (C=O) groups excluding carboxylic acids is 2. The van der Waals surface area contributed by atoms with Crippen LogP contribution in [0.5, 0.6) is 0 Å². The third-order valence-corrected chi connectivity index (χ3v) is 9.81. The Morgan fingerprint density at radius 1 is 1.30 bits per heavy atom. The van der Waals surface area contributed by atoms with E-state index in [1.165, 1.54) is 17.3 Å². The molecule has 1 aliphatic rings. The number of ketones is 1. The Morgan fingerprint density at radius 2 is 2.05 bits per heavy atom. The van der Waals surface area contributed by atoms with Gasteiger partial charge in [0.25, 0.3) is 0 Å². The van der Waals surface area contributed by atoms with Gasteiger partial charge in [-0.1, -0.05) is 0 Å². The number of rotatable bonds is 9. The average molecular weight is 412 g/mol. The van der Waals surface area contributed by atoms with Crippen LogP contribution in [0.4, 0.5) is 0 Å². The number of alkyl halides is 2. The third kappa shape index (κ3) is 6.78. The number of unbranched alkanes of at least 4 members (excludes halogenated alkanes) is 1. The van der Waals surface area contributed by atoms with E-state index < -0.39 is 0 Å². The first kappa shape index (κ1) is 18.3. The van der Waals surface area contributed by atoms with Crippen LogP contribution in [0.2, 0.25) is 0 Å². The Kier molecular flexibility index (Phi) is 9.16. The van der Waals surface area contributed by atoms with Gasteiger partial charge in [0.1, 0.15) is 0 Å². The molecule has 118 valence electrons. The number of carbonyl (C=O) groups is 2. The molecule has 5 heteroatoms. The minimum absolute atomic E-state index is 0.110. The molecule has 1 fully saturated rings. The molecule has 0 aromatic carbocycles. The molecule has 0 aliphatic carbocycles. The fourth-order valence-corrected chi connectivity index (χ4v) is 8.68. The van der Waals surface area contributed by atoms with E-state index in [1.54, 1.807) is 13.8 Å². The monoisotopic (exact) mass is 412 g/mol. The summed E-state index contributed by atoms with van der Waals surface area (Å²) >= 11 is 2.21. The van der Waals surface area contributed by atoms with E-state index in [0.29, 0.717) is 17.1 Å². The normalized spacial score (nSPS) is 25.9. The minimum atomic E-state index is 0.110. The second-order valence-corrected chi connectivity index (χ2v) is 10.1. The van der Waals surface area contributed by atoms with Gasteiger partial charge in [0.2, 0.25) is 0 Å². The van der Waals surface area contributed by atoms with Crippen molar-refractivity contribution in [2.24, 2.45) is 0 Å². The number of Topliss-reactive ketones (excluding diaryl/α,β-unsaturated/α-hetero) is 1. The zero-order chi connectivity index (χ0) is 15.0. The van der Waals surface area contributed by atoms with E-state index in [0.717, 1.165) is 28.9 Å². The summed E-state index contributed by atoms with van der Waals surface area (Å²) in [4.78, 5) is 22.3. The van der Waals surface area contributed by atoms with Crippen LogP contribution in [0, 0.1) is 0 Å². The molecule has 3 nitrogen and oxygen atoms in total. The molecular formula is C15H27INO2S-. The van der Waals surface area contributed by atoms with Crippen molar-refractivity contribution < 1.29 is 30.8 Å². The number of nitrogens with one attached hydrogen (secondary N) is 1. The molecule has 0 saturated carbocycles. The van der Waals surface area contributed by atoms with Crippen LogP contribution in [0.1, 0.15) is 52.9 Å². The summed E-state index contributed by atoms with van der Waals surface area (Å²) in [7, 11) is 0. The summed E-state index contributed by atoms with van der Waals surface area (Å²) in [6.45, 7) is 5.55. The fraction of sp³-hybridized carbons (Fsp3) is 0.867. The van der Waals surface area contributed by atoms with Gasteiger partial charge in [0, 0.05) is 0 Å². The molecule has 1 heterocycles. The summed E-state index contributed by atoms with van der Waals surface area (Å²) in [6, 6.07) is 0.398. The van der Waals surface area contributed by atoms with Gasteiger partial charge < -0.3 is 0 Å². The van der Waals surface area contributed by atoms with E-state index in [1.807, 2.05) is 11.8 Å². The molecule has 3 unspecified atom stereocenters. The maximum absolute atomic E-state index is 11.3. The van der Waals surface area contributed by atoms with E-state index in [4.69, 9.17) is 0 Å². The van der Waals surface area contributed by atoms with Crippen molar-refractivity contribution in [2.45, 2.75) is 68.1 Å². The van der Waals surface area contributed by atoms with E-state index >= 15 is 0 Å². The van der Waals surface area contributed by atoms with Gasteiger partial charge >= 0.3 is 138 Å². The van der Waals surface area contributed by atoms with Crippen molar-refractivity contribution in [3.8, 4) is 0 Å². The van der Waals surface area contributed by atoms with Crippen LogP contribution in [0.3, 0.4) is 0 Å². The van der Waals surface area contributed by atoms with Gasteiger partial charge in [-0.25, -0.2) is 0 Å². The first-order chi connectivity index (χ1) is 9.54. The first-order valence-electron chi connectivity index (χ1n) is 7.50. The molecule has 1 amide bonds. The predicted molar refractivity (Wildman–Crippen MR) is 81.9 cm³/mol. The first-order valence-corrected chi connectivity index (χ1v) is 11.3. The van der Waals surface area contributed by atoms with Gasteiger partial charge in [-0.15, -0.1) is 0 Å². The molecule has 0 aromatic rings. The van der Waals surface area contributed by atoms with Gasteiger partial charge in [0.05, 0.1) is 0 Å². The molecule has 20 heavy (non-hydrogen) atoms. The van der Waals surface area contributed by atoms with Crippen molar-refractivity contribution >= 4 is 23.5 Å². The van der Waals surface area contributed by atoms with Crippen LogP contribution in [-0.2, 0) is 9.59 Å². The average Bonchev–Trinajstić information content (AvgIpc) is 2.73. The molecule has 0 aromatic heterocycles. The van der Waals surface area contributed by atoms with Crippen molar-refractivity contribution in [1.82, 2.24) is 5.32 Å². The molecule has 1 N–H and O–H groups in total. The molecule has 0 spiro atoms. The number of hydrogen-bond acceptors (Lipinski definition) is 3. The van der Waals surface area contributed by atoms with Crippen LogP contribution in [0.15, 0.2) is 0 Å². The fourth-order valence-electron chi connectivity index (χ4n) is 2.46. The van der Waals surface area contributed by atoms with Crippen molar-refractivity contribution in [1.29, 1.82) is 0 Å². The van der Waals surface area contributed by atoms with Gasteiger partial charge in [0.15, 0.2) is 0 Å². The SMILES string of the molecule is CCC[I-]C1C(NC(C)=O)CSC1CCCCC(C)=O. The van der Waals surface area contributed by atoms with Crippen LogP contribution in [-0.4, -0.2) is 37.1 Å². The number of amides is 1. The number of halogens is 1. The van der Waals surface area contributed by atoms with Gasteiger partial charge in [-0.2, -0.15) is 0 Å². The van der Waals surface area contributed by atoms with Crippen molar-refractivity contribution in [2.75, 3.05) is 10.2 Å².